The average Bonchev–Trinajstić information content (AvgIpc) is 2.67. The third kappa shape index (κ3) is 17.7. The maximum Gasteiger partial charge on any atom is 0.469 e. The van der Waals surface area contributed by atoms with Crippen LogP contribution < -0.4 is 0 Å². The lowest BCUT2D eigenvalue weighted by Crippen LogP contribution is -2.37. The highest BCUT2D eigenvalue weighted by Crippen LogP contribution is 2.35. The van der Waals surface area contributed by atoms with Gasteiger partial charge in [0.2, 0.25) is 0 Å². The molecule has 1 aliphatic heterocycles. The molecule has 2 N–H and O–H groups in total. The van der Waals surface area contributed by atoms with Crippen molar-refractivity contribution >= 4 is 7.82 Å². The van der Waals surface area contributed by atoms with Crippen LogP contribution in [-0.2, 0) is 9.09 Å². The predicted octanol–water partition coefficient (Wildman–Crippen LogP) is 7.07. The molecule has 30 heavy (non-hydrogen) atoms. The van der Waals surface area contributed by atoms with Gasteiger partial charge in [0.25, 0.3) is 0 Å². The number of nitrogens with zero attached hydrogens (tertiary/aromatic N) is 1. The average molecular weight is 448 g/mol. The Morgan fingerprint density at radius 1 is 0.700 bits per heavy atom. The molecule has 0 aromatic rings. The van der Waals surface area contributed by atoms with Crippen LogP contribution in [0.4, 0.5) is 0 Å². The number of hydrogen-bond acceptors (Lipinski definition) is 3. The molecular formula is C24H50NO4P. The minimum atomic E-state index is -4.27. The fraction of sp³-hybridized carbons (Fsp3) is 1.00. The Hall–Kier alpha value is 0.0700. The fourth-order valence-electron chi connectivity index (χ4n) is 4.30. The van der Waals surface area contributed by atoms with Crippen molar-refractivity contribution in [2.24, 2.45) is 5.41 Å². The molecule has 0 saturated carbocycles. The lowest BCUT2D eigenvalue weighted by atomic mass is 9.82. The van der Waals surface area contributed by atoms with Crippen molar-refractivity contribution in [3.63, 3.8) is 0 Å². The van der Waals surface area contributed by atoms with Crippen molar-refractivity contribution in [1.29, 1.82) is 0 Å². The highest BCUT2D eigenvalue weighted by molar-refractivity contribution is 7.46. The van der Waals surface area contributed by atoms with Crippen molar-refractivity contribution in [1.82, 2.24) is 4.90 Å². The normalized spacial score (nSPS) is 17.5. The molecule has 0 radical (unpaired) electrons. The predicted molar refractivity (Wildman–Crippen MR) is 127 cm³/mol. The van der Waals surface area contributed by atoms with Gasteiger partial charge in [-0.1, -0.05) is 97.3 Å². The van der Waals surface area contributed by atoms with Crippen molar-refractivity contribution < 1.29 is 18.9 Å². The molecule has 0 aromatic carbocycles. The Labute approximate surface area is 186 Å². The van der Waals surface area contributed by atoms with Crippen LogP contribution in [0.1, 0.15) is 123 Å². The molecule has 0 bridgehead atoms. The lowest BCUT2D eigenvalue weighted by molar-refractivity contribution is 0.131. The van der Waals surface area contributed by atoms with Crippen LogP contribution in [0.3, 0.4) is 0 Å². The molecule has 0 unspecified atom stereocenters. The summed E-state index contributed by atoms with van der Waals surface area (Å²) < 4.78 is 15.0. The molecule has 0 amide bonds. The standard InChI is InChI=1S/C24H50NO4P/c1-24(2)18-21-25(22-19-24)20-16-14-12-10-8-6-4-3-5-7-9-11-13-15-17-23-29-30(26,27)28/h3-23H2,1-2H3,(H2,26,27,28). The maximum atomic E-state index is 10.5. The number of phosphoric acid groups is 1. The van der Waals surface area contributed by atoms with Gasteiger partial charge in [-0.3, -0.25) is 4.52 Å². The van der Waals surface area contributed by atoms with E-state index in [-0.39, 0.29) is 6.61 Å². The van der Waals surface area contributed by atoms with Gasteiger partial charge in [0.05, 0.1) is 6.61 Å². The Bertz CT molecular complexity index is 442. The van der Waals surface area contributed by atoms with Gasteiger partial charge in [-0.15, -0.1) is 0 Å². The second-order valence-electron chi connectivity index (χ2n) is 10.1. The number of piperidine rings is 1. The number of rotatable bonds is 19. The molecule has 6 heteroatoms. The van der Waals surface area contributed by atoms with Crippen LogP contribution in [0.15, 0.2) is 0 Å². The van der Waals surface area contributed by atoms with Gasteiger partial charge < -0.3 is 14.7 Å². The van der Waals surface area contributed by atoms with Gasteiger partial charge in [-0.05, 0) is 50.7 Å². The molecule has 5 nitrogen and oxygen atoms in total. The van der Waals surface area contributed by atoms with Crippen LogP contribution in [0, 0.1) is 5.41 Å². The zero-order chi connectivity index (χ0) is 22.1. The Morgan fingerprint density at radius 3 is 1.47 bits per heavy atom. The van der Waals surface area contributed by atoms with Gasteiger partial charge in [-0.25, -0.2) is 4.57 Å². The van der Waals surface area contributed by atoms with Gasteiger partial charge in [0.15, 0.2) is 0 Å². The summed E-state index contributed by atoms with van der Waals surface area (Å²) in [6, 6.07) is 0. The second-order valence-corrected chi connectivity index (χ2v) is 11.4. The van der Waals surface area contributed by atoms with E-state index in [0.29, 0.717) is 5.41 Å². The second kappa shape index (κ2) is 16.7. The quantitative estimate of drug-likeness (QED) is 0.164. The minimum Gasteiger partial charge on any atom is -0.303 e. The maximum absolute atomic E-state index is 10.5. The zero-order valence-electron chi connectivity index (χ0n) is 20.0. The van der Waals surface area contributed by atoms with Crippen LogP contribution in [0.5, 0.6) is 0 Å². The van der Waals surface area contributed by atoms with Crippen molar-refractivity contribution in [3.8, 4) is 0 Å². The summed E-state index contributed by atoms with van der Waals surface area (Å²) in [4.78, 5) is 19.9. The number of phosphoric ester groups is 1. The summed E-state index contributed by atoms with van der Waals surface area (Å²) in [6.45, 7) is 8.91. The molecule has 0 spiro atoms. The summed E-state index contributed by atoms with van der Waals surface area (Å²) in [5.41, 5.74) is 0.574. The third-order valence-electron chi connectivity index (χ3n) is 6.59. The first kappa shape index (κ1) is 28.1. The fourth-order valence-corrected chi connectivity index (χ4v) is 4.67. The molecule has 0 aliphatic carbocycles. The van der Waals surface area contributed by atoms with E-state index in [0.717, 1.165) is 19.3 Å². The van der Waals surface area contributed by atoms with Crippen molar-refractivity contribution in [3.05, 3.63) is 0 Å². The molecule has 1 fully saturated rings. The molecule has 1 heterocycles. The number of hydrogen-bond donors (Lipinski definition) is 2. The SMILES string of the molecule is CC1(C)CCN(CCCCCCCCCCCCCCCCCOP(=O)(O)O)CC1. The molecule has 0 aromatic heterocycles. The number of unbranched alkanes of at least 4 members (excludes halogenated alkanes) is 14. The van der Waals surface area contributed by atoms with Crippen LogP contribution in [0.25, 0.3) is 0 Å². The van der Waals surface area contributed by atoms with E-state index in [9.17, 15) is 4.57 Å². The van der Waals surface area contributed by atoms with Crippen molar-refractivity contribution in [2.75, 3.05) is 26.2 Å². The first-order chi connectivity index (χ1) is 14.3. The van der Waals surface area contributed by atoms with Gasteiger partial charge in [-0.2, -0.15) is 0 Å². The smallest absolute Gasteiger partial charge is 0.303 e. The van der Waals surface area contributed by atoms with E-state index < -0.39 is 7.82 Å². The summed E-state index contributed by atoms with van der Waals surface area (Å²) in [6.07, 6.45) is 22.0. The van der Waals surface area contributed by atoms with E-state index >= 15 is 0 Å². The van der Waals surface area contributed by atoms with E-state index in [1.54, 1.807) is 0 Å². The van der Waals surface area contributed by atoms with Crippen LogP contribution in [-0.4, -0.2) is 40.9 Å². The first-order valence-corrected chi connectivity index (χ1v) is 14.2. The molecule has 0 atom stereocenters. The minimum absolute atomic E-state index is 0.168. The van der Waals surface area contributed by atoms with Gasteiger partial charge in [0.1, 0.15) is 0 Å². The van der Waals surface area contributed by atoms with Gasteiger partial charge >= 0.3 is 7.82 Å². The summed E-state index contributed by atoms with van der Waals surface area (Å²) in [5.74, 6) is 0. The van der Waals surface area contributed by atoms with E-state index in [4.69, 9.17) is 9.79 Å². The largest absolute Gasteiger partial charge is 0.469 e. The molecule has 1 aliphatic rings. The molecular weight excluding hydrogens is 397 g/mol. The number of likely N-dealkylation sites (tertiary alicyclic amines) is 1. The van der Waals surface area contributed by atoms with Gasteiger partial charge in [0, 0.05) is 0 Å². The Kier molecular flexibility index (Phi) is 15.6. The highest BCUT2D eigenvalue weighted by Gasteiger charge is 2.24. The lowest BCUT2D eigenvalue weighted by Gasteiger charge is -2.36. The Morgan fingerprint density at radius 2 is 1.07 bits per heavy atom. The zero-order valence-corrected chi connectivity index (χ0v) is 20.8. The van der Waals surface area contributed by atoms with Crippen LogP contribution in [0.2, 0.25) is 0 Å². The Balaban J connectivity index is 1.71. The topological polar surface area (TPSA) is 70.0 Å². The monoisotopic (exact) mass is 447 g/mol. The third-order valence-corrected chi connectivity index (χ3v) is 7.11. The highest BCUT2D eigenvalue weighted by atomic mass is 31.2. The summed E-state index contributed by atoms with van der Waals surface area (Å²) in [7, 11) is -4.27. The van der Waals surface area contributed by atoms with Crippen LogP contribution >= 0.6 is 7.82 Å². The molecule has 180 valence electrons. The first-order valence-electron chi connectivity index (χ1n) is 12.7. The summed E-state index contributed by atoms with van der Waals surface area (Å²) in [5, 5.41) is 0. The summed E-state index contributed by atoms with van der Waals surface area (Å²) >= 11 is 0. The van der Waals surface area contributed by atoms with E-state index in [2.05, 4.69) is 23.3 Å². The van der Waals surface area contributed by atoms with E-state index in [1.165, 1.54) is 110 Å². The van der Waals surface area contributed by atoms with Crippen molar-refractivity contribution in [2.45, 2.75) is 123 Å². The molecule has 1 rings (SSSR count). The molecule has 1 saturated heterocycles. The van der Waals surface area contributed by atoms with E-state index in [1.807, 2.05) is 0 Å².